The van der Waals surface area contributed by atoms with E-state index in [1.807, 2.05) is 39.0 Å². The third-order valence-electron chi connectivity index (χ3n) is 7.88. The number of carboxylic acid groups (broad SMARTS) is 1. The van der Waals surface area contributed by atoms with Crippen molar-refractivity contribution >= 4 is 29.4 Å². The number of likely N-dealkylation sites (tertiary alicyclic amines) is 1. The van der Waals surface area contributed by atoms with Crippen molar-refractivity contribution in [2.45, 2.75) is 76.0 Å². The monoisotopic (exact) mass is 522 g/mol. The van der Waals surface area contributed by atoms with E-state index in [1.165, 1.54) is 11.1 Å². The number of nitrogens with zero attached hydrogens (tertiary/aromatic N) is 3. The lowest BCUT2D eigenvalue weighted by atomic mass is 9.79. The SMILES string of the molecule is CC(C)(C)n1cc(C(=O)O)c(CN[C@@H](CC2CC2)C(=O)N2C[C@]3(C[C@H]2C(N)=O)C(=O)Nc2ccccc23)n1. The number of fused-ring (bicyclic) bond motifs is 2. The number of benzene rings is 1. The fourth-order valence-electron chi connectivity index (χ4n) is 5.57. The summed E-state index contributed by atoms with van der Waals surface area (Å²) in [7, 11) is 0. The molecule has 3 heterocycles. The topological polar surface area (TPSA) is 160 Å². The van der Waals surface area contributed by atoms with Gasteiger partial charge in [-0.25, -0.2) is 4.79 Å². The van der Waals surface area contributed by atoms with Gasteiger partial charge in [0.2, 0.25) is 17.7 Å². The van der Waals surface area contributed by atoms with Crippen LogP contribution in [0.4, 0.5) is 5.69 Å². The maximum Gasteiger partial charge on any atom is 0.339 e. The highest BCUT2D eigenvalue weighted by Crippen LogP contribution is 2.46. The summed E-state index contributed by atoms with van der Waals surface area (Å²) in [5.74, 6) is -1.95. The third-order valence-corrected chi connectivity index (χ3v) is 7.88. The Hall–Kier alpha value is -3.73. The highest BCUT2D eigenvalue weighted by Gasteiger charge is 2.57. The standard InChI is InChI=1S/C27H34N6O5/c1-26(2,3)33-13-16(24(36)37)20(31-33)12-29-19(10-15-8-9-15)23(35)32-14-27(11-21(32)22(28)34)17-6-4-5-7-18(17)30-25(27)38/h4-7,13,15,19,21,29H,8-12,14H2,1-3H3,(H2,28,34)(H,30,38)(H,36,37)/t19-,21-,27-/m0/s1. The molecule has 5 N–H and O–H groups in total. The minimum absolute atomic E-state index is 0.0458. The third kappa shape index (κ3) is 4.55. The molecule has 2 aromatic rings. The molecule has 1 saturated carbocycles. The smallest absolute Gasteiger partial charge is 0.339 e. The van der Waals surface area contributed by atoms with Gasteiger partial charge in [0.15, 0.2) is 0 Å². The van der Waals surface area contributed by atoms with Crippen molar-refractivity contribution in [3.05, 3.63) is 47.3 Å². The zero-order valence-corrected chi connectivity index (χ0v) is 21.9. The molecule has 1 aromatic carbocycles. The van der Waals surface area contributed by atoms with E-state index in [1.54, 1.807) is 10.7 Å². The number of carboxylic acids is 1. The number of hydrogen-bond donors (Lipinski definition) is 4. The van der Waals surface area contributed by atoms with Gasteiger partial charge in [0, 0.05) is 25.0 Å². The number of aromatic carboxylic acids is 1. The van der Waals surface area contributed by atoms with E-state index in [0.29, 0.717) is 23.7 Å². The van der Waals surface area contributed by atoms with Gasteiger partial charge in [-0.1, -0.05) is 31.0 Å². The fourth-order valence-corrected chi connectivity index (χ4v) is 5.57. The lowest BCUT2D eigenvalue weighted by molar-refractivity contribution is -0.139. The molecule has 1 saturated heterocycles. The number of carbonyl (C=O) groups is 4. The molecule has 5 rings (SSSR count). The molecular formula is C27H34N6O5. The van der Waals surface area contributed by atoms with E-state index >= 15 is 0 Å². The van der Waals surface area contributed by atoms with Crippen LogP contribution in [0.3, 0.4) is 0 Å². The molecule has 11 nitrogen and oxygen atoms in total. The normalized spacial score (nSPS) is 23.4. The molecule has 0 unspecified atom stereocenters. The Kier molecular flexibility index (Phi) is 6.29. The lowest BCUT2D eigenvalue weighted by Gasteiger charge is -2.28. The number of anilines is 1. The first kappa shape index (κ1) is 25.9. The van der Waals surface area contributed by atoms with Gasteiger partial charge in [-0.2, -0.15) is 5.10 Å². The Balaban J connectivity index is 1.41. The van der Waals surface area contributed by atoms with Crippen LogP contribution in [0.25, 0.3) is 0 Å². The maximum atomic E-state index is 14.0. The summed E-state index contributed by atoms with van der Waals surface area (Å²) in [5.41, 5.74) is 6.13. The number of primary amides is 1. The Labute approximate surface area is 220 Å². The van der Waals surface area contributed by atoms with Crippen LogP contribution in [0.5, 0.6) is 0 Å². The molecule has 0 radical (unpaired) electrons. The van der Waals surface area contributed by atoms with Gasteiger partial charge in [0.1, 0.15) is 11.6 Å². The number of nitrogens with one attached hydrogen (secondary N) is 2. The molecule has 11 heteroatoms. The molecule has 3 aliphatic rings. The zero-order valence-electron chi connectivity index (χ0n) is 21.9. The summed E-state index contributed by atoms with van der Waals surface area (Å²) < 4.78 is 1.61. The van der Waals surface area contributed by atoms with Crippen LogP contribution in [0.15, 0.2) is 30.5 Å². The molecular weight excluding hydrogens is 488 g/mol. The predicted molar refractivity (Wildman–Crippen MR) is 138 cm³/mol. The van der Waals surface area contributed by atoms with Crippen LogP contribution in [-0.4, -0.2) is 62.1 Å². The first-order valence-corrected chi connectivity index (χ1v) is 13.0. The Morgan fingerprint density at radius 3 is 2.61 bits per heavy atom. The van der Waals surface area contributed by atoms with Gasteiger partial charge in [-0.05, 0) is 51.2 Å². The summed E-state index contributed by atoms with van der Waals surface area (Å²) >= 11 is 0. The van der Waals surface area contributed by atoms with Crippen molar-refractivity contribution in [1.82, 2.24) is 20.0 Å². The fraction of sp³-hybridized carbons (Fsp3) is 0.519. The summed E-state index contributed by atoms with van der Waals surface area (Å²) in [6.45, 7) is 5.88. The van der Waals surface area contributed by atoms with Gasteiger partial charge in [-0.3, -0.25) is 19.1 Å². The molecule has 2 fully saturated rings. The number of rotatable bonds is 8. The average molecular weight is 523 g/mol. The van der Waals surface area contributed by atoms with Crippen molar-refractivity contribution in [2.75, 3.05) is 11.9 Å². The van der Waals surface area contributed by atoms with Crippen molar-refractivity contribution in [3.8, 4) is 0 Å². The van der Waals surface area contributed by atoms with E-state index in [9.17, 15) is 24.3 Å². The van der Waals surface area contributed by atoms with Crippen LogP contribution < -0.4 is 16.4 Å². The lowest BCUT2D eigenvalue weighted by Crippen LogP contribution is -2.52. The maximum absolute atomic E-state index is 14.0. The van der Waals surface area contributed by atoms with E-state index in [2.05, 4.69) is 15.7 Å². The highest BCUT2D eigenvalue weighted by molar-refractivity contribution is 6.08. The molecule has 38 heavy (non-hydrogen) atoms. The first-order valence-electron chi connectivity index (χ1n) is 13.0. The largest absolute Gasteiger partial charge is 0.478 e. The van der Waals surface area contributed by atoms with Crippen LogP contribution in [0.1, 0.15) is 68.1 Å². The van der Waals surface area contributed by atoms with E-state index < -0.39 is 34.9 Å². The van der Waals surface area contributed by atoms with Gasteiger partial charge in [0.25, 0.3) is 0 Å². The van der Waals surface area contributed by atoms with Gasteiger partial charge in [0.05, 0.1) is 22.7 Å². The molecule has 1 spiro atoms. The number of carbonyl (C=O) groups excluding carboxylic acids is 3. The number of nitrogens with two attached hydrogens (primary N) is 1. The predicted octanol–water partition coefficient (Wildman–Crippen LogP) is 1.57. The van der Waals surface area contributed by atoms with E-state index in [4.69, 9.17) is 5.73 Å². The summed E-state index contributed by atoms with van der Waals surface area (Å²) in [5, 5.41) is 20.3. The summed E-state index contributed by atoms with van der Waals surface area (Å²) in [6, 6.07) is 5.69. The van der Waals surface area contributed by atoms with Crippen molar-refractivity contribution in [2.24, 2.45) is 11.7 Å². The molecule has 202 valence electrons. The van der Waals surface area contributed by atoms with Gasteiger partial charge in [-0.15, -0.1) is 0 Å². The molecule has 0 bridgehead atoms. The molecule has 3 amide bonds. The highest BCUT2D eigenvalue weighted by atomic mass is 16.4. The molecule has 2 aliphatic heterocycles. The quantitative estimate of drug-likeness (QED) is 0.409. The Morgan fingerprint density at radius 1 is 1.26 bits per heavy atom. The van der Waals surface area contributed by atoms with Gasteiger partial charge < -0.3 is 26.4 Å². The average Bonchev–Trinajstić information content (AvgIpc) is 3.30. The minimum Gasteiger partial charge on any atom is -0.478 e. The van der Waals surface area contributed by atoms with Crippen molar-refractivity contribution in [3.63, 3.8) is 0 Å². The Morgan fingerprint density at radius 2 is 1.97 bits per heavy atom. The van der Waals surface area contributed by atoms with Crippen molar-refractivity contribution in [1.29, 1.82) is 0 Å². The van der Waals surface area contributed by atoms with Gasteiger partial charge >= 0.3 is 5.97 Å². The number of para-hydroxylation sites is 1. The second-order valence-electron chi connectivity index (χ2n) is 11.7. The van der Waals surface area contributed by atoms with Crippen molar-refractivity contribution < 1.29 is 24.3 Å². The zero-order chi connectivity index (χ0) is 27.4. The second kappa shape index (κ2) is 9.23. The Bertz CT molecular complexity index is 1310. The van der Waals surface area contributed by atoms with Crippen LogP contribution in [0, 0.1) is 5.92 Å². The molecule has 3 atom stereocenters. The van der Waals surface area contributed by atoms with Crippen LogP contribution in [0.2, 0.25) is 0 Å². The molecule has 1 aromatic heterocycles. The van der Waals surface area contributed by atoms with E-state index in [0.717, 1.165) is 18.4 Å². The first-order chi connectivity index (χ1) is 17.9. The number of amides is 3. The van der Waals surface area contributed by atoms with Crippen LogP contribution in [-0.2, 0) is 31.9 Å². The molecule has 1 aliphatic carbocycles. The van der Waals surface area contributed by atoms with E-state index in [-0.39, 0.29) is 36.9 Å². The number of aromatic nitrogens is 2. The number of hydrogen-bond acceptors (Lipinski definition) is 6. The second-order valence-corrected chi connectivity index (χ2v) is 11.7. The summed E-state index contributed by atoms with van der Waals surface area (Å²) in [4.78, 5) is 53.0. The minimum atomic E-state index is -1.09. The van der Waals surface area contributed by atoms with Crippen LogP contribution >= 0.6 is 0 Å². The summed E-state index contributed by atoms with van der Waals surface area (Å²) in [6.07, 6.45) is 4.17.